The molecule has 2 aromatic carbocycles. The third kappa shape index (κ3) is 6.94. The molecule has 0 atom stereocenters. The molecule has 0 spiro atoms. The number of nitrogens with two attached hydrogens (primary N) is 1. The van der Waals surface area contributed by atoms with Crippen LogP contribution < -0.4 is 15.8 Å². The quantitative estimate of drug-likeness (QED) is 0.275. The number of guanidine groups is 1. The molecule has 3 aromatic rings. The van der Waals surface area contributed by atoms with Crippen molar-refractivity contribution in [1.29, 1.82) is 0 Å². The lowest BCUT2D eigenvalue weighted by molar-refractivity contribution is -0.274. The minimum atomic E-state index is -4.79. The number of hydrogen-bond donors (Lipinski definition) is 2. The molecule has 10 heteroatoms. The summed E-state index contributed by atoms with van der Waals surface area (Å²) in [5.74, 6) is 0.525. The normalized spacial score (nSPS) is 11.7. The molecule has 3 rings (SSSR count). The fourth-order valence-electron chi connectivity index (χ4n) is 2.73. The number of nitrogens with one attached hydrogen (secondary N) is 1. The molecule has 0 saturated heterocycles. The van der Waals surface area contributed by atoms with Crippen molar-refractivity contribution in [1.82, 2.24) is 9.55 Å². The van der Waals surface area contributed by atoms with Crippen molar-refractivity contribution < 1.29 is 17.9 Å². The molecule has 1 heterocycles. The number of anilines is 1. The number of nitrogens with zero attached hydrogens (tertiary/aromatic N) is 3. The van der Waals surface area contributed by atoms with Crippen molar-refractivity contribution in [2.75, 3.05) is 5.32 Å². The Labute approximate surface area is 189 Å². The Morgan fingerprint density at radius 1 is 1.17 bits per heavy atom. The molecular formula is C20H21F3IN5O. The Hall–Kier alpha value is -2.76. The lowest BCUT2D eigenvalue weighted by Gasteiger charge is -2.14. The Morgan fingerprint density at radius 2 is 1.90 bits per heavy atom. The highest BCUT2D eigenvalue weighted by molar-refractivity contribution is 14.0. The zero-order valence-corrected chi connectivity index (χ0v) is 18.4. The van der Waals surface area contributed by atoms with E-state index in [1.54, 1.807) is 12.3 Å². The number of halogens is 4. The zero-order valence-electron chi connectivity index (χ0n) is 16.1. The van der Waals surface area contributed by atoms with Gasteiger partial charge in [-0.2, -0.15) is 0 Å². The number of hydrogen-bond acceptors (Lipinski definition) is 3. The van der Waals surface area contributed by atoms with Gasteiger partial charge in [0.15, 0.2) is 11.7 Å². The first-order valence-corrected chi connectivity index (χ1v) is 8.77. The van der Waals surface area contributed by atoms with E-state index in [1.165, 1.54) is 18.2 Å². The molecule has 0 saturated carbocycles. The van der Waals surface area contributed by atoms with Gasteiger partial charge in [0.25, 0.3) is 0 Å². The van der Waals surface area contributed by atoms with Crippen LogP contribution in [-0.4, -0.2) is 21.9 Å². The van der Waals surface area contributed by atoms with Crippen LogP contribution in [0.15, 0.2) is 65.9 Å². The number of aromatic nitrogens is 2. The summed E-state index contributed by atoms with van der Waals surface area (Å²) in [6, 6.07) is 13.5. The van der Waals surface area contributed by atoms with E-state index in [4.69, 9.17) is 5.73 Å². The van der Waals surface area contributed by atoms with Crippen LogP contribution in [0.4, 0.5) is 18.9 Å². The molecule has 0 bridgehead atoms. The summed E-state index contributed by atoms with van der Waals surface area (Å²) in [5, 5.41) is 2.65. The summed E-state index contributed by atoms with van der Waals surface area (Å²) < 4.78 is 43.5. The van der Waals surface area contributed by atoms with E-state index in [9.17, 15) is 13.2 Å². The standard InChI is InChI=1S/C20H20F3N5O.HI/c1-14-25-9-10-28(14)13-16-6-4-5-15(11-16)12-26-19(24)27-17-7-2-3-8-18(17)29-20(21,22)23;/h2-11H,12-13H2,1H3,(H3,24,26,27);1H. The van der Waals surface area contributed by atoms with Crippen LogP contribution in [0.2, 0.25) is 0 Å². The maximum atomic E-state index is 12.5. The molecule has 0 unspecified atom stereocenters. The van der Waals surface area contributed by atoms with Crippen LogP contribution in [0.5, 0.6) is 5.75 Å². The lowest BCUT2D eigenvalue weighted by Crippen LogP contribution is -2.24. The van der Waals surface area contributed by atoms with Crippen LogP contribution in [0.25, 0.3) is 0 Å². The van der Waals surface area contributed by atoms with E-state index < -0.39 is 6.36 Å². The Balaban J connectivity index is 0.00000320. The van der Waals surface area contributed by atoms with Crippen LogP contribution in [-0.2, 0) is 13.1 Å². The Bertz CT molecular complexity index is 1000. The van der Waals surface area contributed by atoms with Gasteiger partial charge in [-0.05, 0) is 30.2 Å². The van der Waals surface area contributed by atoms with Gasteiger partial charge in [0, 0.05) is 18.9 Å². The van der Waals surface area contributed by atoms with Crippen LogP contribution in [0, 0.1) is 6.92 Å². The number of benzene rings is 2. The molecule has 30 heavy (non-hydrogen) atoms. The summed E-state index contributed by atoms with van der Waals surface area (Å²) in [5.41, 5.74) is 7.92. The molecule has 0 aliphatic heterocycles. The monoisotopic (exact) mass is 531 g/mol. The van der Waals surface area contributed by atoms with Crippen molar-refractivity contribution in [3.63, 3.8) is 0 Å². The van der Waals surface area contributed by atoms with E-state index >= 15 is 0 Å². The maximum absolute atomic E-state index is 12.5. The molecule has 0 amide bonds. The van der Waals surface area contributed by atoms with Gasteiger partial charge in [0.2, 0.25) is 0 Å². The number of aliphatic imine (C=N–C) groups is 1. The molecule has 0 fully saturated rings. The van der Waals surface area contributed by atoms with Crippen LogP contribution >= 0.6 is 24.0 Å². The predicted molar refractivity (Wildman–Crippen MR) is 120 cm³/mol. The molecule has 6 nitrogen and oxygen atoms in total. The molecular weight excluding hydrogens is 510 g/mol. The van der Waals surface area contributed by atoms with E-state index in [2.05, 4.69) is 20.0 Å². The second-order valence-electron chi connectivity index (χ2n) is 6.29. The van der Waals surface area contributed by atoms with Gasteiger partial charge in [-0.3, -0.25) is 0 Å². The second-order valence-corrected chi connectivity index (χ2v) is 6.29. The minimum absolute atomic E-state index is 0. The highest BCUT2D eigenvalue weighted by atomic mass is 127. The Morgan fingerprint density at radius 3 is 2.60 bits per heavy atom. The van der Waals surface area contributed by atoms with E-state index in [0.29, 0.717) is 6.54 Å². The van der Waals surface area contributed by atoms with Crippen LogP contribution in [0.1, 0.15) is 17.0 Å². The number of aryl methyl sites for hydroxylation is 1. The van der Waals surface area contributed by atoms with Gasteiger partial charge >= 0.3 is 6.36 Å². The SMILES string of the molecule is Cc1nccn1Cc1cccc(CN=C(N)Nc2ccccc2OC(F)(F)F)c1.I. The Kier molecular flexibility index (Phi) is 8.09. The largest absolute Gasteiger partial charge is 0.573 e. The predicted octanol–water partition coefficient (Wildman–Crippen LogP) is 4.68. The first kappa shape index (κ1) is 23.5. The third-order valence-corrected chi connectivity index (χ3v) is 4.08. The summed E-state index contributed by atoms with van der Waals surface area (Å²) >= 11 is 0. The highest BCUT2D eigenvalue weighted by Crippen LogP contribution is 2.29. The molecule has 0 radical (unpaired) electrons. The van der Waals surface area contributed by atoms with Crippen LogP contribution in [0.3, 0.4) is 0 Å². The van der Waals surface area contributed by atoms with E-state index in [1.807, 2.05) is 42.0 Å². The highest BCUT2D eigenvalue weighted by Gasteiger charge is 2.32. The summed E-state index contributed by atoms with van der Waals surface area (Å²) in [4.78, 5) is 8.41. The minimum Gasteiger partial charge on any atom is -0.404 e. The first-order chi connectivity index (χ1) is 13.8. The number of ether oxygens (including phenoxy) is 1. The van der Waals surface area contributed by atoms with Gasteiger partial charge in [-0.1, -0.05) is 36.4 Å². The molecule has 3 N–H and O–H groups in total. The van der Waals surface area contributed by atoms with Gasteiger partial charge in [-0.15, -0.1) is 37.1 Å². The second kappa shape index (κ2) is 10.3. The van der Waals surface area contributed by atoms with Gasteiger partial charge < -0.3 is 20.4 Å². The fraction of sp³-hybridized carbons (Fsp3) is 0.200. The summed E-state index contributed by atoms with van der Waals surface area (Å²) in [6.07, 6.45) is -1.14. The first-order valence-electron chi connectivity index (χ1n) is 8.77. The number of para-hydroxylation sites is 2. The number of rotatable bonds is 6. The lowest BCUT2D eigenvalue weighted by atomic mass is 10.1. The molecule has 1 aromatic heterocycles. The van der Waals surface area contributed by atoms with E-state index in [-0.39, 0.29) is 47.9 Å². The summed E-state index contributed by atoms with van der Waals surface area (Å²) in [6.45, 7) is 2.89. The summed E-state index contributed by atoms with van der Waals surface area (Å²) in [7, 11) is 0. The smallest absolute Gasteiger partial charge is 0.404 e. The number of alkyl halides is 3. The maximum Gasteiger partial charge on any atom is 0.573 e. The van der Waals surface area contributed by atoms with Crippen molar-refractivity contribution >= 4 is 35.6 Å². The molecule has 0 aliphatic carbocycles. The van der Waals surface area contributed by atoms with Crippen molar-refractivity contribution in [3.8, 4) is 5.75 Å². The van der Waals surface area contributed by atoms with Gasteiger partial charge in [-0.25, -0.2) is 9.98 Å². The third-order valence-electron chi connectivity index (χ3n) is 4.08. The average molecular weight is 531 g/mol. The van der Waals surface area contributed by atoms with Crippen molar-refractivity contribution in [2.24, 2.45) is 10.7 Å². The number of imidazole rings is 1. The zero-order chi connectivity index (χ0) is 20.9. The molecule has 0 aliphatic rings. The fourth-order valence-corrected chi connectivity index (χ4v) is 2.73. The van der Waals surface area contributed by atoms with Gasteiger partial charge in [0.1, 0.15) is 5.82 Å². The van der Waals surface area contributed by atoms with Gasteiger partial charge in [0.05, 0.1) is 12.2 Å². The average Bonchev–Trinajstić information content (AvgIpc) is 3.05. The van der Waals surface area contributed by atoms with E-state index in [0.717, 1.165) is 17.0 Å². The topological polar surface area (TPSA) is 77.5 Å². The van der Waals surface area contributed by atoms with Crippen molar-refractivity contribution in [2.45, 2.75) is 26.4 Å². The van der Waals surface area contributed by atoms with Crippen molar-refractivity contribution in [3.05, 3.63) is 77.9 Å². The molecule has 160 valence electrons.